The number of alkyl carbamates (subject to hydrolysis) is 1. The van der Waals surface area contributed by atoms with Gasteiger partial charge in [-0.15, -0.1) is 11.8 Å². The molecule has 3 aromatic carbocycles. The lowest BCUT2D eigenvalue weighted by molar-refractivity contribution is -0.146. The van der Waals surface area contributed by atoms with E-state index < -0.39 is 47.5 Å². The number of methoxy groups -OCH3 is 1. The Morgan fingerprint density at radius 1 is 0.745 bits per heavy atom. The molecule has 2 atom stereocenters. The number of hydrogen-bond acceptors (Lipinski definition) is 7. The Morgan fingerprint density at radius 3 is 1.53 bits per heavy atom. The summed E-state index contributed by atoms with van der Waals surface area (Å²) in [6.45, 7) is 13.2. The molecule has 0 aliphatic carbocycles. The summed E-state index contributed by atoms with van der Waals surface area (Å²) in [5, 5.41) is 5.78. The van der Waals surface area contributed by atoms with E-state index in [1.54, 1.807) is 27.7 Å². The number of carbonyl (C=O) groups is 3. The third-order valence-electron chi connectivity index (χ3n) is 8.35. The first-order valence-corrected chi connectivity index (χ1v) is 19.5. The van der Waals surface area contributed by atoms with E-state index in [0.29, 0.717) is 0 Å². The van der Waals surface area contributed by atoms with E-state index in [4.69, 9.17) is 13.9 Å². The Kier molecular flexibility index (Phi) is 13.3. The van der Waals surface area contributed by atoms with Crippen LogP contribution in [-0.2, 0) is 28.2 Å². The molecule has 0 aromatic heterocycles. The summed E-state index contributed by atoms with van der Waals surface area (Å²) in [5.41, 5.74) is 1.86. The monoisotopic (exact) mass is 678 g/mol. The number of rotatable bonds is 15. The first-order valence-electron chi connectivity index (χ1n) is 16.2. The maximum atomic E-state index is 14.6. The molecular formula is C37H50N2O6SSi. The summed E-state index contributed by atoms with van der Waals surface area (Å²) in [6, 6.07) is 31.1. The SMILES string of the molecule is CC[Si](CC)(CC)OCC(NC(=O)[C@](C)(NC(=O)OC(C)(C)C)SC(c1ccccc1)(c1ccccc1)c1ccccc1)C(=O)OC. The van der Waals surface area contributed by atoms with Gasteiger partial charge in [0.25, 0.3) is 5.91 Å². The zero-order chi connectivity index (χ0) is 34.7. The molecule has 0 heterocycles. The topological polar surface area (TPSA) is 103 Å². The molecule has 0 fully saturated rings. The lowest BCUT2D eigenvalue weighted by Crippen LogP contribution is -2.61. The second-order valence-corrected chi connectivity index (χ2v) is 19.1. The van der Waals surface area contributed by atoms with Crippen LogP contribution in [-0.4, -0.2) is 56.5 Å². The molecule has 3 aromatic rings. The zero-order valence-corrected chi connectivity index (χ0v) is 30.7. The van der Waals surface area contributed by atoms with Crippen molar-refractivity contribution in [1.29, 1.82) is 0 Å². The van der Waals surface area contributed by atoms with Gasteiger partial charge in [-0.2, -0.15) is 0 Å². The minimum Gasteiger partial charge on any atom is -0.467 e. The number of thioether (sulfide) groups is 1. The van der Waals surface area contributed by atoms with Gasteiger partial charge in [0.1, 0.15) is 11.6 Å². The van der Waals surface area contributed by atoms with Crippen molar-refractivity contribution in [3.05, 3.63) is 108 Å². The quantitative estimate of drug-likeness (QED) is 0.0738. The van der Waals surface area contributed by atoms with Crippen molar-refractivity contribution >= 4 is 38.0 Å². The van der Waals surface area contributed by atoms with Gasteiger partial charge in [-0.3, -0.25) is 10.1 Å². The van der Waals surface area contributed by atoms with E-state index >= 15 is 0 Å². The molecule has 0 spiro atoms. The molecule has 0 saturated heterocycles. The number of benzene rings is 3. The standard InChI is InChI=1S/C37H50N2O6SSi/c1-9-47(10-2,11-3)44-27-31(32(40)43-8)38-33(41)36(7,39-34(42)45-35(4,5)6)46-37(28-21-15-12-16-22-28,29-23-17-13-18-24-29)30-25-19-14-20-26-30/h12-26,31H,9-11,27H2,1-8H3,(H,38,41)(H,39,42)/t31?,36-/m1/s1. The zero-order valence-electron chi connectivity index (χ0n) is 28.9. The van der Waals surface area contributed by atoms with Crippen molar-refractivity contribution in [1.82, 2.24) is 10.6 Å². The lowest BCUT2D eigenvalue weighted by Gasteiger charge is -2.42. The molecule has 3 rings (SSSR count). The van der Waals surface area contributed by atoms with Gasteiger partial charge < -0.3 is 19.2 Å². The molecule has 8 nitrogen and oxygen atoms in total. The highest BCUT2D eigenvalue weighted by molar-refractivity contribution is 8.02. The summed E-state index contributed by atoms with van der Waals surface area (Å²) in [6.07, 6.45) is -0.772. The Bertz CT molecular complexity index is 1340. The molecule has 1 unspecified atom stereocenters. The predicted molar refractivity (Wildman–Crippen MR) is 192 cm³/mol. The van der Waals surface area contributed by atoms with Gasteiger partial charge in [0, 0.05) is 0 Å². The minimum atomic E-state index is -2.11. The van der Waals surface area contributed by atoms with Crippen LogP contribution >= 0.6 is 11.8 Å². The Hall–Kier alpha value is -3.60. The highest BCUT2D eigenvalue weighted by Gasteiger charge is 2.49. The molecule has 254 valence electrons. The predicted octanol–water partition coefficient (Wildman–Crippen LogP) is 7.63. The van der Waals surface area contributed by atoms with E-state index in [1.807, 2.05) is 91.0 Å². The number of nitrogens with one attached hydrogen (secondary N) is 2. The van der Waals surface area contributed by atoms with Crippen molar-refractivity contribution in [2.24, 2.45) is 0 Å². The first-order chi connectivity index (χ1) is 22.3. The summed E-state index contributed by atoms with van der Waals surface area (Å²) < 4.78 is 16.2. The normalized spacial score (nSPS) is 14.0. The molecule has 0 aliphatic heterocycles. The third kappa shape index (κ3) is 9.49. The van der Waals surface area contributed by atoms with Crippen molar-refractivity contribution < 1.29 is 28.3 Å². The van der Waals surface area contributed by atoms with E-state index in [9.17, 15) is 14.4 Å². The highest BCUT2D eigenvalue weighted by Crippen LogP contribution is 2.52. The van der Waals surface area contributed by atoms with Gasteiger partial charge in [0.2, 0.25) is 0 Å². The molecule has 2 amide bonds. The fourth-order valence-electron chi connectivity index (χ4n) is 5.55. The maximum Gasteiger partial charge on any atom is 0.409 e. The summed E-state index contributed by atoms with van der Waals surface area (Å²) in [5.74, 6) is -1.23. The number of hydrogen-bond donors (Lipinski definition) is 2. The van der Waals surface area contributed by atoms with Gasteiger partial charge in [0.15, 0.2) is 13.2 Å². The van der Waals surface area contributed by atoms with Gasteiger partial charge in [-0.05, 0) is 62.5 Å². The van der Waals surface area contributed by atoms with Crippen LogP contribution < -0.4 is 10.6 Å². The van der Waals surface area contributed by atoms with Crippen LogP contribution in [0.3, 0.4) is 0 Å². The van der Waals surface area contributed by atoms with E-state index in [1.165, 1.54) is 18.9 Å². The highest BCUT2D eigenvalue weighted by atomic mass is 32.2. The molecular weight excluding hydrogens is 629 g/mol. The molecule has 2 N–H and O–H groups in total. The van der Waals surface area contributed by atoms with Gasteiger partial charge in [0.05, 0.1) is 18.5 Å². The second kappa shape index (κ2) is 16.5. The van der Waals surface area contributed by atoms with E-state index in [2.05, 4.69) is 31.4 Å². The largest absolute Gasteiger partial charge is 0.467 e. The molecule has 47 heavy (non-hydrogen) atoms. The van der Waals surface area contributed by atoms with Crippen LogP contribution in [0.4, 0.5) is 4.79 Å². The van der Waals surface area contributed by atoms with Crippen LogP contribution in [0.5, 0.6) is 0 Å². The summed E-state index contributed by atoms with van der Waals surface area (Å²) in [7, 11) is -0.832. The lowest BCUT2D eigenvalue weighted by atomic mass is 9.84. The van der Waals surface area contributed by atoms with Gasteiger partial charge >= 0.3 is 12.1 Å². The van der Waals surface area contributed by atoms with E-state index in [0.717, 1.165) is 34.8 Å². The number of esters is 1. The van der Waals surface area contributed by atoms with Gasteiger partial charge in [-0.1, -0.05) is 112 Å². The smallest absolute Gasteiger partial charge is 0.409 e. The number of amides is 2. The average Bonchev–Trinajstić information content (AvgIpc) is 3.07. The molecule has 0 radical (unpaired) electrons. The third-order valence-corrected chi connectivity index (χ3v) is 14.7. The van der Waals surface area contributed by atoms with Gasteiger partial charge in [-0.25, -0.2) is 9.59 Å². The number of ether oxygens (including phenoxy) is 2. The Balaban J connectivity index is 2.20. The van der Waals surface area contributed by atoms with Crippen molar-refractivity contribution in [3.8, 4) is 0 Å². The fourth-order valence-corrected chi connectivity index (χ4v) is 9.84. The second-order valence-electron chi connectivity index (χ2n) is 12.6. The summed E-state index contributed by atoms with van der Waals surface area (Å²) in [4.78, 5) is 39.6. The number of carbonyl (C=O) groups excluding carboxylic acids is 3. The summed E-state index contributed by atoms with van der Waals surface area (Å²) >= 11 is 1.25. The molecule has 0 bridgehead atoms. The Labute approximate surface area is 285 Å². The van der Waals surface area contributed by atoms with Crippen LogP contribution in [0.15, 0.2) is 91.0 Å². The van der Waals surface area contributed by atoms with Crippen molar-refractivity contribution in [2.75, 3.05) is 13.7 Å². The molecule has 0 aliphatic rings. The van der Waals surface area contributed by atoms with Crippen molar-refractivity contribution in [3.63, 3.8) is 0 Å². The minimum absolute atomic E-state index is 0.0332. The average molecular weight is 679 g/mol. The van der Waals surface area contributed by atoms with E-state index in [-0.39, 0.29) is 6.61 Å². The Morgan fingerprint density at radius 2 is 1.17 bits per heavy atom. The fraction of sp³-hybridized carbons (Fsp3) is 0.432. The van der Waals surface area contributed by atoms with Crippen LogP contribution in [0.2, 0.25) is 18.1 Å². The van der Waals surface area contributed by atoms with Crippen LogP contribution in [0, 0.1) is 0 Å². The van der Waals surface area contributed by atoms with Crippen LogP contribution in [0.25, 0.3) is 0 Å². The van der Waals surface area contributed by atoms with Crippen LogP contribution in [0.1, 0.15) is 65.2 Å². The molecule has 0 saturated carbocycles. The maximum absolute atomic E-state index is 14.6. The van der Waals surface area contributed by atoms with Crippen molar-refractivity contribution in [2.45, 2.75) is 87.9 Å². The first kappa shape index (κ1) is 37.9. The molecule has 10 heteroatoms.